The van der Waals surface area contributed by atoms with E-state index in [4.69, 9.17) is 10.00 Å². The van der Waals surface area contributed by atoms with Crippen LogP contribution in [-0.4, -0.2) is 70.6 Å². The van der Waals surface area contributed by atoms with E-state index in [1.165, 1.54) is 0 Å². The first kappa shape index (κ1) is 24.7. The number of aromatic nitrogens is 1. The minimum atomic E-state index is -0.385. The number of benzene rings is 1. The van der Waals surface area contributed by atoms with Crippen molar-refractivity contribution in [2.75, 3.05) is 26.7 Å². The molecule has 3 atom stereocenters. The van der Waals surface area contributed by atoms with E-state index in [9.17, 15) is 14.7 Å². The molecule has 1 aromatic carbocycles. The van der Waals surface area contributed by atoms with Gasteiger partial charge in [-0.15, -0.1) is 0 Å². The van der Waals surface area contributed by atoms with Crippen molar-refractivity contribution in [3.63, 3.8) is 0 Å². The van der Waals surface area contributed by atoms with Gasteiger partial charge >= 0.3 is 0 Å². The molecule has 1 saturated carbocycles. The summed E-state index contributed by atoms with van der Waals surface area (Å²) < 4.78 is 6.29. The number of likely N-dealkylation sites (N-methyl/N-ethyl adjacent to an activating group) is 1. The second-order valence-electron chi connectivity index (χ2n) is 9.81. The molecule has 1 aliphatic carbocycles. The number of carbonyl (C=O) groups excluding carboxylic acids is 2. The molecule has 1 aliphatic heterocycles. The molecular formula is C27H32N4O4. The van der Waals surface area contributed by atoms with Crippen molar-refractivity contribution in [1.29, 1.82) is 5.26 Å². The van der Waals surface area contributed by atoms with E-state index in [0.717, 1.165) is 24.0 Å². The maximum Gasteiger partial charge on any atom is 0.259 e. The zero-order valence-corrected chi connectivity index (χ0v) is 20.5. The number of carbonyl (C=O) groups is 2. The van der Waals surface area contributed by atoms with Crippen LogP contribution in [0.25, 0.3) is 11.1 Å². The summed E-state index contributed by atoms with van der Waals surface area (Å²) in [5, 5.41) is 18.9. The van der Waals surface area contributed by atoms with E-state index in [2.05, 4.69) is 11.1 Å². The highest BCUT2D eigenvalue weighted by molar-refractivity contribution is 5.98. The van der Waals surface area contributed by atoms with Gasteiger partial charge in [0.05, 0.1) is 30.8 Å². The van der Waals surface area contributed by atoms with Crippen LogP contribution in [0.4, 0.5) is 0 Å². The number of amides is 2. The first-order chi connectivity index (χ1) is 16.8. The van der Waals surface area contributed by atoms with E-state index in [1.807, 2.05) is 26.0 Å². The van der Waals surface area contributed by atoms with E-state index in [1.54, 1.807) is 41.2 Å². The average molecular weight is 477 g/mol. The summed E-state index contributed by atoms with van der Waals surface area (Å²) in [5.74, 6) is 0.487. The minimum absolute atomic E-state index is 0.0859. The predicted molar refractivity (Wildman–Crippen MR) is 131 cm³/mol. The van der Waals surface area contributed by atoms with Crippen LogP contribution in [0.15, 0.2) is 36.5 Å². The molecule has 2 aromatic rings. The molecule has 4 rings (SSSR count). The van der Waals surface area contributed by atoms with Gasteiger partial charge < -0.3 is 19.6 Å². The van der Waals surface area contributed by atoms with Gasteiger partial charge in [-0.2, -0.15) is 5.26 Å². The maximum atomic E-state index is 13.6. The van der Waals surface area contributed by atoms with E-state index >= 15 is 0 Å². The smallest absolute Gasteiger partial charge is 0.259 e. The van der Waals surface area contributed by atoms with Crippen LogP contribution in [0, 0.1) is 23.2 Å². The fraction of sp³-hybridized carbons (Fsp3) is 0.481. The molecule has 2 heterocycles. The van der Waals surface area contributed by atoms with Crippen LogP contribution in [0.3, 0.4) is 0 Å². The van der Waals surface area contributed by atoms with Crippen LogP contribution in [0.5, 0.6) is 5.88 Å². The van der Waals surface area contributed by atoms with Gasteiger partial charge in [0, 0.05) is 37.7 Å². The normalized spacial score (nSPS) is 20.7. The lowest BCUT2D eigenvalue weighted by molar-refractivity contribution is -0.131. The highest BCUT2D eigenvalue weighted by Crippen LogP contribution is 2.33. The molecule has 0 saturated heterocycles. The Hall–Kier alpha value is -3.44. The third-order valence-electron chi connectivity index (χ3n) is 6.91. The monoisotopic (exact) mass is 476 g/mol. The number of hydrogen-bond donors (Lipinski definition) is 1. The first-order valence-corrected chi connectivity index (χ1v) is 12.1. The number of aliphatic hydroxyl groups is 1. The van der Waals surface area contributed by atoms with Crippen molar-refractivity contribution in [3.05, 3.63) is 47.7 Å². The van der Waals surface area contributed by atoms with Crippen molar-refractivity contribution in [3.8, 4) is 23.1 Å². The Morgan fingerprint density at radius 3 is 2.66 bits per heavy atom. The molecule has 8 heteroatoms. The summed E-state index contributed by atoms with van der Waals surface area (Å²) in [6.45, 7) is 4.41. The standard InChI is InChI=1S/C27H32N4O4/c1-17-14-31(18(2)16-32)27(34)23-11-22(21-8-6-20(12-28)7-9-21)13-29-26(23)35-24(17)15-30(3)25(33)10-19-4-5-19/h6-9,11,13,17-19,24,32H,4-5,10,14-16H2,1-3H3/t17-,18-,24+/m0/s1. The van der Waals surface area contributed by atoms with Crippen LogP contribution in [0.1, 0.15) is 49.0 Å². The summed E-state index contributed by atoms with van der Waals surface area (Å²) >= 11 is 0. The van der Waals surface area contributed by atoms with Crippen molar-refractivity contribution < 1.29 is 19.4 Å². The number of pyridine rings is 1. The van der Waals surface area contributed by atoms with Gasteiger partial charge in [0.1, 0.15) is 11.7 Å². The van der Waals surface area contributed by atoms with Crippen molar-refractivity contribution in [2.24, 2.45) is 11.8 Å². The fourth-order valence-electron chi connectivity index (χ4n) is 4.31. The molecule has 1 N–H and O–H groups in total. The molecule has 1 fully saturated rings. The highest BCUT2D eigenvalue weighted by Gasteiger charge is 2.35. The predicted octanol–water partition coefficient (Wildman–Crippen LogP) is 3.10. The number of ether oxygens (including phenoxy) is 1. The Morgan fingerprint density at radius 2 is 2.03 bits per heavy atom. The van der Waals surface area contributed by atoms with Crippen molar-refractivity contribution in [2.45, 2.75) is 45.3 Å². The third kappa shape index (κ3) is 5.63. The molecule has 2 aliphatic rings. The molecule has 0 unspecified atom stereocenters. The molecule has 8 nitrogen and oxygen atoms in total. The largest absolute Gasteiger partial charge is 0.472 e. The van der Waals surface area contributed by atoms with Crippen LogP contribution < -0.4 is 4.74 Å². The number of aliphatic hydroxyl groups excluding tert-OH is 1. The minimum Gasteiger partial charge on any atom is -0.472 e. The molecule has 35 heavy (non-hydrogen) atoms. The number of rotatable bonds is 7. The Kier molecular flexibility index (Phi) is 7.37. The molecule has 184 valence electrons. The molecule has 0 bridgehead atoms. The van der Waals surface area contributed by atoms with Crippen LogP contribution in [-0.2, 0) is 4.79 Å². The Morgan fingerprint density at radius 1 is 1.31 bits per heavy atom. The van der Waals surface area contributed by atoms with Crippen molar-refractivity contribution in [1.82, 2.24) is 14.8 Å². The lowest BCUT2D eigenvalue weighted by Gasteiger charge is -2.37. The van der Waals surface area contributed by atoms with Gasteiger partial charge in [-0.05, 0) is 49.4 Å². The molecule has 1 aromatic heterocycles. The lowest BCUT2D eigenvalue weighted by Crippen LogP contribution is -2.50. The number of nitrogens with zero attached hydrogens (tertiary/aromatic N) is 4. The Balaban J connectivity index is 1.66. The molecule has 0 spiro atoms. The Bertz CT molecular complexity index is 1120. The quantitative estimate of drug-likeness (QED) is 0.658. The van der Waals surface area contributed by atoms with Gasteiger partial charge in [-0.1, -0.05) is 19.1 Å². The second-order valence-corrected chi connectivity index (χ2v) is 9.81. The van der Waals surface area contributed by atoms with Crippen molar-refractivity contribution >= 4 is 11.8 Å². The summed E-state index contributed by atoms with van der Waals surface area (Å²) in [5.41, 5.74) is 2.42. The maximum absolute atomic E-state index is 13.6. The fourth-order valence-corrected chi connectivity index (χ4v) is 4.31. The van der Waals surface area contributed by atoms with Gasteiger partial charge in [-0.3, -0.25) is 9.59 Å². The third-order valence-corrected chi connectivity index (χ3v) is 6.91. The van der Waals surface area contributed by atoms with E-state index in [0.29, 0.717) is 36.6 Å². The number of fused-ring (bicyclic) bond motifs is 1. The zero-order chi connectivity index (χ0) is 25.1. The van der Waals surface area contributed by atoms with Gasteiger partial charge in [-0.25, -0.2) is 4.98 Å². The second kappa shape index (κ2) is 10.4. The summed E-state index contributed by atoms with van der Waals surface area (Å²) in [6.07, 6.45) is 4.08. The van der Waals surface area contributed by atoms with Gasteiger partial charge in [0.25, 0.3) is 5.91 Å². The average Bonchev–Trinajstić information content (AvgIpc) is 3.69. The molecule has 2 amide bonds. The molecular weight excluding hydrogens is 444 g/mol. The van der Waals surface area contributed by atoms with Gasteiger partial charge in [0.15, 0.2) is 0 Å². The summed E-state index contributed by atoms with van der Waals surface area (Å²) in [6, 6.07) is 10.5. The summed E-state index contributed by atoms with van der Waals surface area (Å²) in [7, 11) is 1.79. The SMILES string of the molecule is C[C@H]1CN([C@@H](C)CO)C(=O)c2cc(-c3ccc(C#N)cc3)cnc2O[C@@H]1CN(C)C(=O)CC1CC1. The van der Waals surface area contributed by atoms with Gasteiger partial charge in [0.2, 0.25) is 11.8 Å². The van der Waals surface area contributed by atoms with Crippen LogP contribution >= 0.6 is 0 Å². The summed E-state index contributed by atoms with van der Waals surface area (Å²) in [4.78, 5) is 34.1. The first-order valence-electron chi connectivity index (χ1n) is 12.1. The van der Waals surface area contributed by atoms with E-state index in [-0.39, 0.29) is 42.4 Å². The molecule has 0 radical (unpaired) electrons. The highest BCUT2D eigenvalue weighted by atomic mass is 16.5. The van der Waals surface area contributed by atoms with Crippen LogP contribution in [0.2, 0.25) is 0 Å². The topological polar surface area (TPSA) is 107 Å². The lowest BCUT2D eigenvalue weighted by atomic mass is 9.99. The number of hydrogen-bond acceptors (Lipinski definition) is 6. The van der Waals surface area contributed by atoms with E-state index < -0.39 is 0 Å². The Labute approximate surface area is 206 Å². The zero-order valence-electron chi connectivity index (χ0n) is 20.5. The number of nitriles is 1.